The number of ether oxygens (including phenoxy) is 1. The van der Waals surface area contributed by atoms with Gasteiger partial charge in [-0.05, 0) is 0 Å². The summed E-state index contributed by atoms with van der Waals surface area (Å²) >= 11 is 0. The zero-order chi connectivity index (χ0) is 6.95. The van der Waals surface area contributed by atoms with Gasteiger partial charge in [0.15, 0.2) is 0 Å². The van der Waals surface area contributed by atoms with Crippen molar-refractivity contribution in [3.63, 3.8) is 0 Å². The fraction of sp³-hybridized carbons (Fsp3) is 1.00. The van der Waals surface area contributed by atoms with E-state index in [0.29, 0.717) is 0 Å². The van der Waals surface area contributed by atoms with Crippen LogP contribution in [0.5, 0.6) is 0 Å². The van der Waals surface area contributed by atoms with Gasteiger partial charge in [0.2, 0.25) is 0 Å². The summed E-state index contributed by atoms with van der Waals surface area (Å²) in [6.45, 7) is 0.836. The number of nitroso groups, excluding NO2 is 1. The van der Waals surface area contributed by atoms with Crippen molar-refractivity contribution in [3.05, 3.63) is 4.91 Å². The average Bonchev–Trinajstić information content (AvgIpc) is 1.89. The van der Waals surface area contributed by atoms with Gasteiger partial charge in [-0.3, -0.25) is 5.26 Å². The Labute approximate surface area is 52.5 Å². The molecular weight excluding hydrogens is 126 g/mol. The van der Waals surface area contributed by atoms with Crippen molar-refractivity contribution in [3.8, 4) is 0 Å². The highest BCUT2D eigenvalue weighted by atomic mass is 17.1. The molecule has 0 rings (SSSR count). The zero-order valence-electron chi connectivity index (χ0n) is 4.95. The third-order valence-electron chi connectivity index (χ3n) is 0.646. The number of nitrogens with zero attached hydrogens (tertiary/aromatic N) is 1. The molecule has 0 fully saturated rings. The standard InChI is InChI=1S/C4H9NO4/c6-5-1-2-8-3-4-9-7/h7H,1-4H2. The second kappa shape index (κ2) is 7.48. The quantitative estimate of drug-likeness (QED) is 0.245. The van der Waals surface area contributed by atoms with E-state index in [9.17, 15) is 4.91 Å². The molecule has 0 atom stereocenters. The molecule has 0 aromatic heterocycles. The lowest BCUT2D eigenvalue weighted by Crippen LogP contribution is -2.04. The van der Waals surface area contributed by atoms with Crippen molar-refractivity contribution < 1.29 is 14.9 Å². The summed E-state index contributed by atoms with van der Waals surface area (Å²) in [7, 11) is 0. The molecule has 5 nitrogen and oxygen atoms in total. The summed E-state index contributed by atoms with van der Waals surface area (Å²) < 4.78 is 4.74. The first-order chi connectivity index (χ1) is 4.41. The predicted molar refractivity (Wildman–Crippen MR) is 30.1 cm³/mol. The van der Waals surface area contributed by atoms with E-state index in [0.717, 1.165) is 0 Å². The molecule has 0 radical (unpaired) electrons. The minimum absolute atomic E-state index is 0.124. The van der Waals surface area contributed by atoms with Crippen LogP contribution in [0.25, 0.3) is 0 Å². The fourth-order valence-corrected chi connectivity index (χ4v) is 0.300. The molecule has 0 spiro atoms. The summed E-state index contributed by atoms with van der Waals surface area (Å²) in [5, 5.41) is 10.3. The molecule has 1 N–H and O–H groups in total. The van der Waals surface area contributed by atoms with Gasteiger partial charge in [0.1, 0.15) is 13.2 Å². The van der Waals surface area contributed by atoms with E-state index in [-0.39, 0.29) is 26.4 Å². The van der Waals surface area contributed by atoms with Gasteiger partial charge in [-0.1, -0.05) is 5.18 Å². The van der Waals surface area contributed by atoms with E-state index in [2.05, 4.69) is 10.1 Å². The SMILES string of the molecule is O=NCCOCCOO. The Hall–Kier alpha value is -0.520. The van der Waals surface area contributed by atoms with Crippen LogP contribution in [-0.4, -0.2) is 31.6 Å². The van der Waals surface area contributed by atoms with E-state index >= 15 is 0 Å². The van der Waals surface area contributed by atoms with E-state index in [4.69, 9.17) is 9.99 Å². The zero-order valence-corrected chi connectivity index (χ0v) is 4.95. The normalized spacial score (nSPS) is 9.44. The van der Waals surface area contributed by atoms with Crippen molar-refractivity contribution in [2.24, 2.45) is 5.18 Å². The van der Waals surface area contributed by atoms with Crippen molar-refractivity contribution in [2.75, 3.05) is 26.4 Å². The van der Waals surface area contributed by atoms with Crippen LogP contribution in [0.15, 0.2) is 5.18 Å². The number of rotatable bonds is 6. The van der Waals surface area contributed by atoms with Crippen LogP contribution >= 0.6 is 0 Å². The number of hydrogen-bond donors (Lipinski definition) is 1. The van der Waals surface area contributed by atoms with Gasteiger partial charge in [-0.15, -0.1) is 0 Å². The van der Waals surface area contributed by atoms with Crippen molar-refractivity contribution >= 4 is 0 Å². The predicted octanol–water partition coefficient (Wildman–Crippen LogP) is 0.259. The van der Waals surface area contributed by atoms with E-state index < -0.39 is 0 Å². The lowest BCUT2D eigenvalue weighted by Gasteiger charge is -1.96. The smallest absolute Gasteiger partial charge is 0.105 e. The molecule has 0 saturated heterocycles. The van der Waals surface area contributed by atoms with Crippen LogP contribution in [0, 0.1) is 4.91 Å². The topological polar surface area (TPSA) is 68.1 Å². The molecule has 0 unspecified atom stereocenters. The highest BCUT2D eigenvalue weighted by Gasteiger charge is 1.86. The van der Waals surface area contributed by atoms with Crippen molar-refractivity contribution in [2.45, 2.75) is 0 Å². The maximum atomic E-state index is 9.43. The molecule has 5 heteroatoms. The molecule has 9 heavy (non-hydrogen) atoms. The Kier molecular flexibility index (Phi) is 7.05. The summed E-state index contributed by atoms with van der Waals surface area (Å²) in [6.07, 6.45) is 0. The molecule has 0 saturated carbocycles. The maximum absolute atomic E-state index is 9.43. The second-order valence-electron chi connectivity index (χ2n) is 1.30. The molecule has 0 bridgehead atoms. The molecule has 0 aromatic carbocycles. The van der Waals surface area contributed by atoms with Crippen LogP contribution in [0.1, 0.15) is 0 Å². The Morgan fingerprint density at radius 3 is 2.67 bits per heavy atom. The first-order valence-electron chi connectivity index (χ1n) is 2.55. The molecule has 0 aliphatic carbocycles. The fourth-order valence-electron chi connectivity index (χ4n) is 0.300. The maximum Gasteiger partial charge on any atom is 0.105 e. The molecule has 0 amide bonds. The molecule has 0 aliphatic rings. The Morgan fingerprint density at radius 2 is 2.11 bits per heavy atom. The van der Waals surface area contributed by atoms with Gasteiger partial charge >= 0.3 is 0 Å². The molecule has 0 heterocycles. The van der Waals surface area contributed by atoms with Gasteiger partial charge < -0.3 is 4.74 Å². The first-order valence-corrected chi connectivity index (χ1v) is 2.55. The van der Waals surface area contributed by atoms with Gasteiger partial charge in [0.05, 0.1) is 13.2 Å². The van der Waals surface area contributed by atoms with Crippen LogP contribution in [0.2, 0.25) is 0 Å². The highest BCUT2D eigenvalue weighted by molar-refractivity contribution is 4.36. The van der Waals surface area contributed by atoms with Crippen LogP contribution in [-0.2, 0) is 9.62 Å². The van der Waals surface area contributed by atoms with E-state index in [1.54, 1.807) is 0 Å². The highest BCUT2D eigenvalue weighted by Crippen LogP contribution is 1.75. The summed E-state index contributed by atoms with van der Waals surface area (Å²) in [5.41, 5.74) is 0. The Bertz CT molecular complexity index is 67.6. The Balaban J connectivity index is 2.66. The third kappa shape index (κ3) is 7.48. The second-order valence-corrected chi connectivity index (χ2v) is 1.30. The lowest BCUT2D eigenvalue weighted by molar-refractivity contribution is -0.248. The van der Waals surface area contributed by atoms with Gasteiger partial charge in [-0.25, -0.2) is 4.89 Å². The first kappa shape index (κ1) is 8.48. The van der Waals surface area contributed by atoms with Gasteiger partial charge in [-0.2, -0.15) is 4.91 Å². The molecule has 0 aromatic rings. The largest absolute Gasteiger partial charge is 0.377 e. The minimum Gasteiger partial charge on any atom is -0.377 e. The Morgan fingerprint density at radius 1 is 1.33 bits per heavy atom. The lowest BCUT2D eigenvalue weighted by atomic mass is 10.7. The number of hydrogen-bond acceptors (Lipinski definition) is 5. The monoisotopic (exact) mass is 135 g/mol. The van der Waals surface area contributed by atoms with Crippen LogP contribution in [0.4, 0.5) is 0 Å². The molecule has 0 aliphatic heterocycles. The van der Waals surface area contributed by atoms with E-state index in [1.165, 1.54) is 0 Å². The minimum atomic E-state index is 0.124. The third-order valence-corrected chi connectivity index (χ3v) is 0.646. The van der Waals surface area contributed by atoms with Crippen molar-refractivity contribution in [1.82, 2.24) is 0 Å². The van der Waals surface area contributed by atoms with Gasteiger partial charge in [0.25, 0.3) is 0 Å². The summed E-state index contributed by atoms with van der Waals surface area (Å²) in [6, 6.07) is 0. The summed E-state index contributed by atoms with van der Waals surface area (Å²) in [5.74, 6) is 0. The van der Waals surface area contributed by atoms with Gasteiger partial charge in [0, 0.05) is 0 Å². The van der Waals surface area contributed by atoms with Crippen LogP contribution in [0.3, 0.4) is 0 Å². The van der Waals surface area contributed by atoms with Crippen molar-refractivity contribution in [1.29, 1.82) is 0 Å². The molecule has 54 valence electrons. The van der Waals surface area contributed by atoms with E-state index in [1.807, 2.05) is 0 Å². The average molecular weight is 135 g/mol. The summed E-state index contributed by atoms with van der Waals surface area (Å²) in [4.78, 5) is 13.1. The van der Waals surface area contributed by atoms with Crippen LogP contribution < -0.4 is 0 Å². The molecular formula is C4H9NO4.